The maximum atomic E-state index is 8.99. The maximum absolute atomic E-state index is 8.99. The fourth-order valence-corrected chi connectivity index (χ4v) is 2.56. The summed E-state index contributed by atoms with van der Waals surface area (Å²) in [6, 6.07) is 15.4. The number of rotatable bonds is 6. The number of imidazole rings is 1. The fraction of sp³-hybridized carbons (Fsp3) is 0.158. The van der Waals surface area contributed by atoms with Crippen molar-refractivity contribution in [3.63, 3.8) is 0 Å². The van der Waals surface area contributed by atoms with E-state index in [4.69, 9.17) is 14.7 Å². The molecule has 0 aliphatic heterocycles. The molecule has 0 aliphatic carbocycles. The quantitative estimate of drug-likeness (QED) is 0.662. The van der Waals surface area contributed by atoms with Gasteiger partial charge < -0.3 is 9.47 Å². The molecule has 0 saturated heterocycles. The molecule has 6 nitrogen and oxygen atoms in total. The lowest BCUT2D eigenvalue weighted by Gasteiger charge is -2.26. The molecule has 0 fully saturated rings. The molecule has 0 amide bonds. The zero-order valence-electron chi connectivity index (χ0n) is 14.5. The van der Waals surface area contributed by atoms with E-state index >= 15 is 0 Å². The topological polar surface area (TPSA) is 63.3 Å². The highest BCUT2D eigenvalue weighted by Crippen LogP contribution is 2.29. The number of nitriles is 1. The molecular formula is C19H19ClN4O2. The summed E-state index contributed by atoms with van der Waals surface area (Å²) in [4.78, 5) is 4.13. The van der Waals surface area contributed by atoms with Crippen LogP contribution in [0.5, 0.6) is 11.5 Å². The van der Waals surface area contributed by atoms with E-state index in [1.165, 1.54) is 0 Å². The van der Waals surface area contributed by atoms with Crippen molar-refractivity contribution >= 4 is 18.1 Å². The summed E-state index contributed by atoms with van der Waals surface area (Å²) < 4.78 is 12.6. The van der Waals surface area contributed by atoms with E-state index in [9.17, 15) is 0 Å². The Morgan fingerprint density at radius 3 is 2.38 bits per heavy atom. The Hall–Kier alpha value is -3.17. The van der Waals surface area contributed by atoms with Crippen LogP contribution >= 0.6 is 12.4 Å². The van der Waals surface area contributed by atoms with Gasteiger partial charge in [-0.1, -0.05) is 6.07 Å². The van der Waals surface area contributed by atoms with E-state index in [1.54, 1.807) is 38.9 Å². The first-order valence-electron chi connectivity index (χ1n) is 7.72. The summed E-state index contributed by atoms with van der Waals surface area (Å²) in [5.41, 5.74) is 2.63. The van der Waals surface area contributed by atoms with Crippen molar-refractivity contribution in [2.24, 2.45) is 0 Å². The Morgan fingerprint density at radius 1 is 1.08 bits per heavy atom. The third kappa shape index (κ3) is 4.08. The number of methoxy groups -OCH3 is 2. The van der Waals surface area contributed by atoms with Gasteiger partial charge in [0.05, 0.1) is 38.1 Å². The van der Waals surface area contributed by atoms with Gasteiger partial charge in [0.25, 0.3) is 0 Å². The van der Waals surface area contributed by atoms with E-state index in [2.05, 4.69) is 16.1 Å². The first kappa shape index (κ1) is 19.2. The first-order chi connectivity index (χ1) is 12.2. The van der Waals surface area contributed by atoms with Crippen LogP contribution in [0, 0.1) is 11.3 Å². The summed E-state index contributed by atoms with van der Waals surface area (Å²) in [7, 11) is 3.24. The predicted molar refractivity (Wildman–Crippen MR) is 102 cm³/mol. The second kappa shape index (κ2) is 8.79. The van der Waals surface area contributed by atoms with Crippen molar-refractivity contribution in [3.05, 3.63) is 72.3 Å². The van der Waals surface area contributed by atoms with Crippen LogP contribution in [0.25, 0.3) is 0 Å². The molecule has 134 valence electrons. The zero-order chi connectivity index (χ0) is 17.6. The molecule has 3 aromatic rings. The largest absolute Gasteiger partial charge is 0.493 e. The number of hydrogen-bond acceptors (Lipinski definition) is 5. The average molecular weight is 371 g/mol. The Kier molecular flexibility index (Phi) is 6.48. The van der Waals surface area contributed by atoms with E-state index < -0.39 is 0 Å². The Balaban J connectivity index is 0.00000243. The van der Waals surface area contributed by atoms with Crippen molar-refractivity contribution in [3.8, 4) is 17.6 Å². The zero-order valence-corrected chi connectivity index (χ0v) is 15.3. The lowest BCUT2D eigenvalue weighted by molar-refractivity contribution is 0.354. The van der Waals surface area contributed by atoms with Crippen molar-refractivity contribution in [2.75, 3.05) is 19.2 Å². The van der Waals surface area contributed by atoms with Crippen LogP contribution in [0.4, 0.5) is 5.69 Å². The molecular weight excluding hydrogens is 352 g/mol. The van der Waals surface area contributed by atoms with Gasteiger partial charge in [-0.2, -0.15) is 5.26 Å². The molecule has 3 rings (SSSR count). The average Bonchev–Trinajstić information content (AvgIpc) is 3.20. The van der Waals surface area contributed by atoms with Crippen molar-refractivity contribution in [1.82, 2.24) is 9.66 Å². The first-order valence-corrected chi connectivity index (χ1v) is 7.72. The van der Waals surface area contributed by atoms with Crippen LogP contribution in [0.1, 0.15) is 11.1 Å². The second-order valence-corrected chi connectivity index (χ2v) is 5.35. The predicted octanol–water partition coefficient (Wildman–Crippen LogP) is 3.66. The Labute approximate surface area is 158 Å². The summed E-state index contributed by atoms with van der Waals surface area (Å²) in [6.45, 7) is 0.600. The highest BCUT2D eigenvalue weighted by atomic mass is 35.5. The molecule has 0 bridgehead atoms. The van der Waals surface area contributed by atoms with Gasteiger partial charge in [-0.15, -0.1) is 12.4 Å². The summed E-state index contributed by atoms with van der Waals surface area (Å²) in [6.07, 6.45) is 5.34. The number of anilines is 1. The van der Waals surface area contributed by atoms with E-state index in [0.29, 0.717) is 23.6 Å². The summed E-state index contributed by atoms with van der Waals surface area (Å²) >= 11 is 0. The molecule has 1 heterocycles. The Morgan fingerprint density at radius 2 is 1.81 bits per heavy atom. The Bertz CT molecular complexity index is 874. The minimum absolute atomic E-state index is 0. The van der Waals surface area contributed by atoms with Crippen LogP contribution in [0.2, 0.25) is 0 Å². The van der Waals surface area contributed by atoms with E-state index in [-0.39, 0.29) is 12.4 Å². The molecule has 0 atom stereocenters. The molecule has 0 aliphatic rings. The van der Waals surface area contributed by atoms with Crippen LogP contribution < -0.4 is 14.5 Å². The highest BCUT2D eigenvalue weighted by Gasteiger charge is 2.12. The summed E-state index contributed by atoms with van der Waals surface area (Å²) in [5, 5.41) is 11.0. The molecule has 26 heavy (non-hydrogen) atoms. The second-order valence-electron chi connectivity index (χ2n) is 5.35. The number of aromatic nitrogens is 2. The molecule has 0 saturated carbocycles. The number of hydrogen-bond donors (Lipinski definition) is 0. The maximum Gasteiger partial charge on any atom is 0.161 e. The monoisotopic (exact) mass is 370 g/mol. The summed E-state index contributed by atoms with van der Waals surface area (Å²) in [5.74, 6) is 1.38. The smallest absolute Gasteiger partial charge is 0.161 e. The van der Waals surface area contributed by atoms with Gasteiger partial charge in [-0.25, -0.2) is 9.66 Å². The van der Waals surface area contributed by atoms with Gasteiger partial charge >= 0.3 is 0 Å². The van der Waals surface area contributed by atoms with Gasteiger partial charge in [0.1, 0.15) is 6.33 Å². The number of ether oxygens (including phenoxy) is 2. The number of halogens is 1. The van der Waals surface area contributed by atoms with Gasteiger partial charge in [0.15, 0.2) is 11.5 Å². The molecule has 0 unspecified atom stereocenters. The molecule has 2 aromatic carbocycles. The normalized spacial score (nSPS) is 9.73. The van der Waals surface area contributed by atoms with E-state index in [0.717, 1.165) is 11.3 Å². The standard InChI is InChI=1S/C19H18N4O2.ClH/c1-24-18-8-5-16(11-19(18)25-2)13-23(22-10-9-21-14-22)17-6-3-15(12-20)4-7-17;/h3-11,14H,13H2,1-2H3;1H. The molecule has 0 N–H and O–H groups in total. The molecule has 0 spiro atoms. The van der Waals surface area contributed by atoms with Gasteiger partial charge in [0, 0.05) is 12.4 Å². The van der Waals surface area contributed by atoms with Crippen molar-refractivity contribution in [1.29, 1.82) is 5.26 Å². The number of benzene rings is 2. The highest BCUT2D eigenvalue weighted by molar-refractivity contribution is 5.85. The molecule has 0 radical (unpaired) electrons. The van der Waals surface area contributed by atoms with Crippen LogP contribution in [-0.2, 0) is 6.54 Å². The van der Waals surface area contributed by atoms with Gasteiger partial charge in [-0.3, -0.25) is 5.01 Å². The van der Waals surface area contributed by atoms with Gasteiger partial charge in [-0.05, 0) is 42.0 Å². The van der Waals surface area contributed by atoms with E-state index in [1.807, 2.05) is 41.2 Å². The third-order valence-electron chi connectivity index (χ3n) is 3.84. The van der Waals surface area contributed by atoms with Crippen LogP contribution in [0.3, 0.4) is 0 Å². The lowest BCUT2D eigenvalue weighted by Crippen LogP contribution is -2.27. The minimum atomic E-state index is 0. The van der Waals surface area contributed by atoms with Crippen LogP contribution in [0.15, 0.2) is 61.2 Å². The third-order valence-corrected chi connectivity index (χ3v) is 3.84. The van der Waals surface area contributed by atoms with Crippen molar-refractivity contribution < 1.29 is 9.47 Å². The lowest BCUT2D eigenvalue weighted by atomic mass is 10.1. The number of nitrogens with zero attached hydrogens (tertiary/aromatic N) is 4. The molecule has 7 heteroatoms. The van der Waals surface area contributed by atoms with Crippen molar-refractivity contribution in [2.45, 2.75) is 6.54 Å². The SMILES string of the molecule is COc1ccc(CN(c2ccc(C#N)cc2)n2ccnc2)cc1OC.Cl. The van der Waals surface area contributed by atoms with Gasteiger partial charge in [0.2, 0.25) is 0 Å². The molecule has 1 aromatic heterocycles. The minimum Gasteiger partial charge on any atom is -0.493 e. The van der Waals surface area contributed by atoms with Crippen LogP contribution in [-0.4, -0.2) is 23.9 Å². The fourth-order valence-electron chi connectivity index (χ4n) is 2.56.